The Morgan fingerprint density at radius 3 is 2.21 bits per heavy atom. The number of nitrogens with one attached hydrogen (secondary N) is 1. The highest BCUT2D eigenvalue weighted by atomic mass is 16.2. The Balaban J connectivity index is 2.24. The molecule has 0 bridgehead atoms. The molecule has 0 heterocycles. The van der Waals surface area contributed by atoms with Crippen LogP contribution in [0.5, 0.6) is 0 Å². The van der Waals surface area contributed by atoms with Gasteiger partial charge >= 0.3 is 0 Å². The number of carbonyl (C=O) groups is 2. The molecule has 0 saturated heterocycles. The van der Waals surface area contributed by atoms with Gasteiger partial charge in [0, 0.05) is 13.1 Å². The quantitative estimate of drug-likeness (QED) is 0.750. The molecule has 28 heavy (non-hydrogen) atoms. The number of carbonyl (C=O) groups excluding carboxylic acids is 2. The zero-order valence-electron chi connectivity index (χ0n) is 17.7. The summed E-state index contributed by atoms with van der Waals surface area (Å²) in [5.41, 5.74) is 5.44. The van der Waals surface area contributed by atoms with Gasteiger partial charge in [0.25, 0.3) is 0 Å². The van der Waals surface area contributed by atoms with E-state index in [1.54, 1.807) is 11.8 Å². The van der Waals surface area contributed by atoms with Crippen molar-refractivity contribution < 1.29 is 9.59 Å². The van der Waals surface area contributed by atoms with E-state index in [1.807, 2.05) is 58.0 Å². The Hall–Kier alpha value is -2.62. The first-order valence-electron chi connectivity index (χ1n) is 10.00. The van der Waals surface area contributed by atoms with Crippen molar-refractivity contribution in [2.75, 3.05) is 6.54 Å². The summed E-state index contributed by atoms with van der Waals surface area (Å²) < 4.78 is 0. The number of amides is 2. The summed E-state index contributed by atoms with van der Waals surface area (Å²) in [5, 5.41) is 2.91. The maximum Gasteiger partial charge on any atom is 0.242 e. The fourth-order valence-corrected chi connectivity index (χ4v) is 3.43. The molecular formula is C24H32N2O2. The first-order valence-corrected chi connectivity index (χ1v) is 10.00. The molecule has 4 heteroatoms. The van der Waals surface area contributed by atoms with E-state index in [4.69, 9.17) is 0 Å². The molecule has 1 atom stereocenters. The van der Waals surface area contributed by atoms with E-state index < -0.39 is 6.04 Å². The third kappa shape index (κ3) is 6.22. The van der Waals surface area contributed by atoms with E-state index in [0.29, 0.717) is 19.5 Å². The summed E-state index contributed by atoms with van der Waals surface area (Å²) in [4.78, 5) is 27.4. The first-order chi connectivity index (χ1) is 13.3. The predicted octanol–water partition coefficient (Wildman–Crippen LogP) is 4.10. The fourth-order valence-electron chi connectivity index (χ4n) is 3.43. The Kier molecular flexibility index (Phi) is 7.80. The van der Waals surface area contributed by atoms with Crippen LogP contribution in [0.2, 0.25) is 0 Å². The van der Waals surface area contributed by atoms with Crippen LogP contribution in [-0.2, 0) is 22.6 Å². The van der Waals surface area contributed by atoms with Gasteiger partial charge in [0.1, 0.15) is 6.04 Å². The van der Waals surface area contributed by atoms with Crippen molar-refractivity contribution >= 4 is 11.8 Å². The Bertz CT molecular complexity index is 809. The first kappa shape index (κ1) is 21.7. The van der Waals surface area contributed by atoms with Gasteiger partial charge in [0.05, 0.1) is 6.42 Å². The SMILES string of the molecule is CCCNC(=O)[C@H](C)N(Cc1cccc(C)c1)C(=O)Cc1cc(C)cc(C)c1. The Morgan fingerprint density at radius 1 is 0.964 bits per heavy atom. The number of aryl methyl sites for hydroxylation is 3. The van der Waals surface area contributed by atoms with E-state index in [2.05, 4.69) is 17.4 Å². The average molecular weight is 381 g/mol. The second-order valence-electron chi connectivity index (χ2n) is 7.65. The molecular weight excluding hydrogens is 348 g/mol. The molecule has 0 spiro atoms. The van der Waals surface area contributed by atoms with Crippen molar-refractivity contribution in [2.45, 2.75) is 60.0 Å². The number of hydrogen-bond acceptors (Lipinski definition) is 2. The molecule has 0 unspecified atom stereocenters. The van der Waals surface area contributed by atoms with Crippen molar-refractivity contribution in [3.05, 3.63) is 70.3 Å². The maximum absolute atomic E-state index is 13.2. The molecule has 2 aromatic rings. The zero-order chi connectivity index (χ0) is 20.7. The molecule has 0 aliphatic rings. The Morgan fingerprint density at radius 2 is 1.61 bits per heavy atom. The van der Waals surface area contributed by atoms with E-state index in [-0.39, 0.29) is 11.8 Å². The lowest BCUT2D eigenvalue weighted by Gasteiger charge is -2.29. The van der Waals surface area contributed by atoms with Crippen LogP contribution in [0.25, 0.3) is 0 Å². The van der Waals surface area contributed by atoms with E-state index in [1.165, 1.54) is 0 Å². The van der Waals surface area contributed by atoms with Crippen molar-refractivity contribution in [3.63, 3.8) is 0 Å². The van der Waals surface area contributed by atoms with Gasteiger partial charge in [-0.2, -0.15) is 0 Å². The molecule has 2 amide bonds. The van der Waals surface area contributed by atoms with Crippen LogP contribution in [-0.4, -0.2) is 29.3 Å². The lowest BCUT2D eigenvalue weighted by molar-refractivity contribution is -0.140. The molecule has 0 aliphatic carbocycles. The van der Waals surface area contributed by atoms with Crippen LogP contribution in [0.15, 0.2) is 42.5 Å². The van der Waals surface area contributed by atoms with E-state index in [9.17, 15) is 9.59 Å². The summed E-state index contributed by atoms with van der Waals surface area (Å²) in [6.07, 6.45) is 1.16. The van der Waals surface area contributed by atoms with Crippen molar-refractivity contribution in [3.8, 4) is 0 Å². The molecule has 4 nitrogen and oxygen atoms in total. The van der Waals surface area contributed by atoms with Gasteiger partial charge in [-0.05, 0) is 45.2 Å². The second kappa shape index (κ2) is 10.1. The summed E-state index contributed by atoms with van der Waals surface area (Å²) >= 11 is 0. The third-order valence-corrected chi connectivity index (χ3v) is 4.79. The second-order valence-corrected chi connectivity index (χ2v) is 7.65. The summed E-state index contributed by atoms with van der Waals surface area (Å²) in [7, 11) is 0. The number of nitrogens with zero attached hydrogens (tertiary/aromatic N) is 1. The van der Waals surface area contributed by atoms with Crippen LogP contribution in [0.4, 0.5) is 0 Å². The minimum atomic E-state index is -0.523. The van der Waals surface area contributed by atoms with E-state index in [0.717, 1.165) is 34.2 Å². The molecule has 0 aliphatic heterocycles. The fraction of sp³-hybridized carbons (Fsp3) is 0.417. The standard InChI is InChI=1S/C24H32N2O2/c1-6-10-25-24(28)20(5)26(16-21-9-7-8-17(2)12-21)23(27)15-22-13-18(3)11-19(4)14-22/h7-9,11-14,20H,6,10,15-16H2,1-5H3,(H,25,28)/t20-/m0/s1. The number of hydrogen-bond donors (Lipinski definition) is 1. The van der Waals surface area contributed by atoms with Crippen LogP contribution in [0.3, 0.4) is 0 Å². The smallest absolute Gasteiger partial charge is 0.242 e. The minimum absolute atomic E-state index is 0.0364. The van der Waals surface area contributed by atoms with Crippen LogP contribution in [0, 0.1) is 20.8 Å². The molecule has 0 aromatic heterocycles. The van der Waals surface area contributed by atoms with Crippen molar-refractivity contribution in [1.82, 2.24) is 10.2 Å². The normalized spacial score (nSPS) is 11.8. The largest absolute Gasteiger partial charge is 0.354 e. The highest BCUT2D eigenvalue weighted by molar-refractivity contribution is 5.88. The molecule has 0 fully saturated rings. The molecule has 0 radical (unpaired) electrons. The monoisotopic (exact) mass is 380 g/mol. The summed E-state index contributed by atoms with van der Waals surface area (Å²) in [6.45, 7) is 11.0. The van der Waals surface area contributed by atoms with Crippen LogP contribution < -0.4 is 5.32 Å². The minimum Gasteiger partial charge on any atom is -0.354 e. The van der Waals surface area contributed by atoms with Gasteiger partial charge in [-0.3, -0.25) is 9.59 Å². The maximum atomic E-state index is 13.2. The van der Waals surface area contributed by atoms with Gasteiger partial charge in [0.15, 0.2) is 0 Å². The van der Waals surface area contributed by atoms with Gasteiger partial charge in [-0.25, -0.2) is 0 Å². The van der Waals surface area contributed by atoms with Gasteiger partial charge in [0.2, 0.25) is 11.8 Å². The molecule has 1 N–H and O–H groups in total. The van der Waals surface area contributed by atoms with Crippen LogP contribution >= 0.6 is 0 Å². The lowest BCUT2D eigenvalue weighted by atomic mass is 10.0. The zero-order valence-corrected chi connectivity index (χ0v) is 17.7. The van der Waals surface area contributed by atoms with Gasteiger partial charge < -0.3 is 10.2 Å². The van der Waals surface area contributed by atoms with Gasteiger partial charge in [-0.15, -0.1) is 0 Å². The third-order valence-electron chi connectivity index (χ3n) is 4.79. The molecule has 150 valence electrons. The highest BCUT2D eigenvalue weighted by Gasteiger charge is 2.26. The van der Waals surface area contributed by atoms with Gasteiger partial charge in [-0.1, -0.05) is 66.1 Å². The molecule has 2 aromatic carbocycles. The van der Waals surface area contributed by atoms with E-state index >= 15 is 0 Å². The van der Waals surface area contributed by atoms with Crippen molar-refractivity contribution in [1.29, 1.82) is 0 Å². The summed E-state index contributed by atoms with van der Waals surface area (Å²) in [5.74, 6) is -0.145. The van der Waals surface area contributed by atoms with Crippen molar-refractivity contribution in [2.24, 2.45) is 0 Å². The average Bonchev–Trinajstić information content (AvgIpc) is 2.62. The molecule has 2 rings (SSSR count). The number of benzene rings is 2. The highest BCUT2D eigenvalue weighted by Crippen LogP contribution is 2.15. The molecule has 0 saturated carbocycles. The number of rotatable bonds is 8. The predicted molar refractivity (Wildman–Crippen MR) is 114 cm³/mol. The summed E-state index contributed by atoms with van der Waals surface area (Å²) in [6, 6.07) is 13.7. The topological polar surface area (TPSA) is 49.4 Å². The lowest BCUT2D eigenvalue weighted by Crippen LogP contribution is -2.48. The Labute approximate surface area is 169 Å². The van der Waals surface area contributed by atoms with Crippen LogP contribution in [0.1, 0.15) is 48.1 Å².